The molecule has 10 nitrogen and oxygen atoms in total. The van der Waals surface area contributed by atoms with E-state index in [0.29, 0.717) is 12.0 Å². The summed E-state index contributed by atoms with van der Waals surface area (Å²) >= 11 is 0. The lowest BCUT2D eigenvalue weighted by Crippen LogP contribution is -2.38. The molecule has 0 aromatic carbocycles. The zero-order valence-electron chi connectivity index (χ0n) is 18.7. The summed E-state index contributed by atoms with van der Waals surface area (Å²) in [6, 6.07) is 3.91. The van der Waals surface area contributed by atoms with Gasteiger partial charge >= 0.3 is 5.97 Å². The number of carbonyl (C=O) groups excluding carboxylic acids is 2. The molecular formula is C22H31N7O3. The molecule has 1 saturated carbocycles. The fourth-order valence-corrected chi connectivity index (χ4v) is 4.72. The Morgan fingerprint density at radius 2 is 1.88 bits per heavy atom. The Bertz CT molecular complexity index is 936. The lowest BCUT2D eigenvalue weighted by Gasteiger charge is -2.32. The van der Waals surface area contributed by atoms with Crippen molar-refractivity contribution < 1.29 is 14.3 Å². The van der Waals surface area contributed by atoms with Gasteiger partial charge in [0.05, 0.1) is 19.5 Å². The number of aryl methyl sites for hydroxylation is 1. The first kappa shape index (κ1) is 22.2. The topological polar surface area (TPSA) is 114 Å². The quantitative estimate of drug-likeness (QED) is 0.680. The predicted molar refractivity (Wildman–Crippen MR) is 119 cm³/mol. The molecule has 2 fully saturated rings. The van der Waals surface area contributed by atoms with Crippen molar-refractivity contribution in [1.29, 1.82) is 0 Å². The zero-order valence-corrected chi connectivity index (χ0v) is 18.7. The van der Waals surface area contributed by atoms with E-state index in [4.69, 9.17) is 4.74 Å². The summed E-state index contributed by atoms with van der Waals surface area (Å²) in [5.74, 6) is 0.343. The third-order valence-electron chi connectivity index (χ3n) is 6.36. The number of ether oxygens (including phenoxy) is 1. The van der Waals surface area contributed by atoms with E-state index in [1.165, 1.54) is 56.7 Å². The first-order valence-corrected chi connectivity index (χ1v) is 11.3. The second-order valence-electron chi connectivity index (χ2n) is 8.54. The van der Waals surface area contributed by atoms with Crippen LogP contribution in [0.25, 0.3) is 0 Å². The van der Waals surface area contributed by atoms with Crippen molar-refractivity contribution in [3.63, 3.8) is 0 Å². The van der Waals surface area contributed by atoms with Crippen molar-refractivity contribution in [2.75, 3.05) is 30.5 Å². The van der Waals surface area contributed by atoms with Crippen molar-refractivity contribution in [3.8, 4) is 0 Å². The maximum absolute atomic E-state index is 12.7. The molecule has 2 aromatic heterocycles. The zero-order chi connectivity index (χ0) is 22.5. The van der Waals surface area contributed by atoms with E-state index in [2.05, 4.69) is 30.8 Å². The summed E-state index contributed by atoms with van der Waals surface area (Å²) < 4.78 is 6.16. The van der Waals surface area contributed by atoms with Crippen LogP contribution in [0.5, 0.6) is 0 Å². The average Bonchev–Trinajstić information content (AvgIpc) is 3.40. The number of aromatic nitrogens is 4. The lowest BCUT2D eigenvalue weighted by atomic mass is 9.85. The molecule has 3 heterocycles. The molecule has 32 heavy (non-hydrogen) atoms. The number of esters is 1. The summed E-state index contributed by atoms with van der Waals surface area (Å²) in [4.78, 5) is 26.8. The van der Waals surface area contributed by atoms with Gasteiger partial charge in [-0.15, -0.1) is 10.2 Å². The smallest absolute Gasteiger partial charge is 0.360 e. The number of hydrogen-bond acceptors (Lipinski definition) is 8. The molecule has 0 radical (unpaired) electrons. The standard InChI is InChI=1S/C22H31N7O3/c1-28-13-17(20(27-28)22(31)32-2)24-21(30)16-10-11-19(26-25-16)29-14-23-12-18(29)15-8-6-4-3-5-7-9-15/h10-11,13,15,18,23H,3-9,12,14H2,1-2H3,(H,24,30). The highest BCUT2D eigenvalue weighted by molar-refractivity contribution is 6.06. The van der Waals surface area contributed by atoms with Gasteiger partial charge < -0.3 is 15.0 Å². The van der Waals surface area contributed by atoms with E-state index in [1.54, 1.807) is 19.3 Å². The fraction of sp³-hybridized carbons (Fsp3) is 0.591. The van der Waals surface area contributed by atoms with Crippen molar-refractivity contribution in [2.45, 2.75) is 51.0 Å². The van der Waals surface area contributed by atoms with Crippen molar-refractivity contribution in [1.82, 2.24) is 25.3 Å². The van der Waals surface area contributed by atoms with Crippen LogP contribution in [0.2, 0.25) is 0 Å². The Balaban J connectivity index is 1.44. The van der Waals surface area contributed by atoms with Crippen LogP contribution in [-0.2, 0) is 11.8 Å². The van der Waals surface area contributed by atoms with E-state index in [-0.39, 0.29) is 17.1 Å². The van der Waals surface area contributed by atoms with Gasteiger partial charge in [0.15, 0.2) is 17.2 Å². The van der Waals surface area contributed by atoms with Gasteiger partial charge in [-0.05, 0) is 30.9 Å². The van der Waals surface area contributed by atoms with Crippen LogP contribution >= 0.6 is 0 Å². The minimum atomic E-state index is -0.621. The van der Waals surface area contributed by atoms with E-state index in [1.807, 2.05) is 6.07 Å². The maximum Gasteiger partial charge on any atom is 0.360 e. The van der Waals surface area contributed by atoms with E-state index in [9.17, 15) is 9.59 Å². The normalized spacial score (nSPS) is 19.9. The van der Waals surface area contributed by atoms with Crippen LogP contribution in [0, 0.1) is 5.92 Å². The maximum atomic E-state index is 12.7. The third-order valence-corrected chi connectivity index (χ3v) is 6.36. The second-order valence-corrected chi connectivity index (χ2v) is 8.54. The molecule has 4 rings (SSSR count). The first-order valence-electron chi connectivity index (χ1n) is 11.3. The molecule has 2 aromatic rings. The molecule has 2 N–H and O–H groups in total. The minimum absolute atomic E-state index is 0.0399. The summed E-state index contributed by atoms with van der Waals surface area (Å²) in [7, 11) is 2.93. The van der Waals surface area contributed by atoms with Crippen molar-refractivity contribution in [2.24, 2.45) is 13.0 Å². The molecule has 0 spiro atoms. The molecule has 1 aliphatic heterocycles. The van der Waals surface area contributed by atoms with Gasteiger partial charge in [0.2, 0.25) is 0 Å². The molecule has 2 aliphatic rings. The SMILES string of the molecule is COC(=O)c1nn(C)cc1NC(=O)c1ccc(N2CNCC2C2CCCCCCC2)nn1. The van der Waals surface area contributed by atoms with Crippen LogP contribution in [0.4, 0.5) is 11.5 Å². The van der Waals surface area contributed by atoms with E-state index < -0.39 is 11.9 Å². The van der Waals surface area contributed by atoms with Crippen LogP contribution in [0.1, 0.15) is 65.9 Å². The highest BCUT2D eigenvalue weighted by Gasteiger charge is 2.32. The van der Waals surface area contributed by atoms with Crippen LogP contribution in [0.15, 0.2) is 18.3 Å². The first-order chi connectivity index (χ1) is 15.6. The number of amides is 1. The molecule has 172 valence electrons. The van der Waals surface area contributed by atoms with Gasteiger partial charge in [-0.3, -0.25) is 14.8 Å². The lowest BCUT2D eigenvalue weighted by molar-refractivity contribution is 0.0594. The second kappa shape index (κ2) is 10.1. The number of rotatable bonds is 5. The highest BCUT2D eigenvalue weighted by Crippen LogP contribution is 2.30. The largest absolute Gasteiger partial charge is 0.464 e. The average molecular weight is 442 g/mol. The van der Waals surface area contributed by atoms with Gasteiger partial charge in [-0.1, -0.05) is 32.1 Å². The monoisotopic (exact) mass is 441 g/mol. The van der Waals surface area contributed by atoms with Gasteiger partial charge in [0.1, 0.15) is 0 Å². The molecule has 1 amide bonds. The summed E-state index contributed by atoms with van der Waals surface area (Å²) in [6.07, 6.45) is 10.7. The van der Waals surface area contributed by atoms with Gasteiger partial charge in [0, 0.05) is 25.8 Å². The molecule has 0 bridgehead atoms. The van der Waals surface area contributed by atoms with E-state index in [0.717, 1.165) is 19.0 Å². The Kier molecular flexibility index (Phi) is 6.99. The Morgan fingerprint density at radius 1 is 1.12 bits per heavy atom. The Morgan fingerprint density at radius 3 is 2.56 bits per heavy atom. The molecule has 1 aliphatic carbocycles. The number of carbonyl (C=O) groups is 2. The Hall–Kier alpha value is -3.01. The molecule has 1 atom stereocenters. The van der Waals surface area contributed by atoms with Gasteiger partial charge in [0.25, 0.3) is 5.91 Å². The predicted octanol–water partition coefficient (Wildman–Crippen LogP) is 2.35. The third kappa shape index (κ3) is 4.90. The van der Waals surface area contributed by atoms with Crippen LogP contribution in [0.3, 0.4) is 0 Å². The Labute approximate surface area is 187 Å². The van der Waals surface area contributed by atoms with Crippen molar-refractivity contribution >= 4 is 23.4 Å². The van der Waals surface area contributed by atoms with Crippen LogP contribution in [-0.4, -0.2) is 58.2 Å². The van der Waals surface area contributed by atoms with Gasteiger partial charge in [-0.2, -0.15) is 5.10 Å². The summed E-state index contributed by atoms with van der Waals surface area (Å²) in [6.45, 7) is 1.69. The molecule has 1 saturated heterocycles. The van der Waals surface area contributed by atoms with Gasteiger partial charge in [-0.25, -0.2) is 4.79 Å². The summed E-state index contributed by atoms with van der Waals surface area (Å²) in [5.41, 5.74) is 0.476. The van der Waals surface area contributed by atoms with Crippen LogP contribution < -0.4 is 15.5 Å². The number of nitrogens with one attached hydrogen (secondary N) is 2. The van der Waals surface area contributed by atoms with E-state index >= 15 is 0 Å². The molecule has 1 unspecified atom stereocenters. The minimum Gasteiger partial charge on any atom is -0.464 e. The summed E-state index contributed by atoms with van der Waals surface area (Å²) in [5, 5.41) is 18.7. The highest BCUT2D eigenvalue weighted by atomic mass is 16.5. The number of anilines is 2. The van der Waals surface area contributed by atoms with Crippen molar-refractivity contribution in [3.05, 3.63) is 29.7 Å². The fourth-order valence-electron chi connectivity index (χ4n) is 4.72. The molecule has 10 heteroatoms. The number of hydrogen-bond donors (Lipinski definition) is 2. The molecular weight excluding hydrogens is 410 g/mol. The number of methoxy groups -OCH3 is 1. The number of nitrogens with zero attached hydrogens (tertiary/aromatic N) is 5.